The number of pyridine rings is 1. The quantitative estimate of drug-likeness (QED) is 0.566. The molecule has 0 aromatic carbocycles. The van der Waals surface area contributed by atoms with E-state index in [1.54, 1.807) is 13.3 Å². The van der Waals surface area contributed by atoms with Gasteiger partial charge in [-0.05, 0) is 0 Å². The summed E-state index contributed by atoms with van der Waals surface area (Å²) in [6.07, 6.45) is 1.75. The zero-order valence-corrected chi connectivity index (χ0v) is 6.91. The molecule has 0 atom stereocenters. The normalized spacial score (nSPS) is 9.11. The van der Waals surface area contributed by atoms with Crippen molar-refractivity contribution < 1.29 is 4.74 Å². The van der Waals surface area contributed by atoms with Gasteiger partial charge in [0, 0.05) is 0 Å². The molecule has 46 valence electrons. The summed E-state index contributed by atoms with van der Waals surface area (Å²) in [6, 6.07) is 3.76. The Hall–Kier alpha value is -0.492. The van der Waals surface area contributed by atoms with Gasteiger partial charge in [-0.3, -0.25) is 0 Å². The van der Waals surface area contributed by atoms with Gasteiger partial charge in [-0.15, -0.1) is 0 Å². The molecule has 1 heterocycles. The van der Waals surface area contributed by atoms with Gasteiger partial charge in [0.25, 0.3) is 0 Å². The molecule has 0 saturated carbocycles. The van der Waals surface area contributed by atoms with Crippen molar-refractivity contribution in [2.45, 2.75) is 0 Å². The van der Waals surface area contributed by atoms with Crippen LogP contribution < -0.4 is 9.09 Å². The fraction of sp³-hybridized carbons (Fsp3) is 0.167. The van der Waals surface area contributed by atoms with Crippen LogP contribution in [0.15, 0.2) is 18.3 Å². The topological polar surface area (TPSA) is 22.1 Å². The fourth-order valence-corrected chi connectivity index (χ4v) is 0.771. The van der Waals surface area contributed by atoms with Crippen molar-refractivity contribution >= 4 is 21.2 Å². The maximum absolute atomic E-state index is 4.85. The van der Waals surface area contributed by atoms with Crippen LogP contribution in [0.5, 0.6) is 5.88 Å². The van der Waals surface area contributed by atoms with Crippen LogP contribution in [0.1, 0.15) is 0 Å². The van der Waals surface area contributed by atoms with E-state index in [9.17, 15) is 0 Å². The standard InChI is InChI=1S/C6H6AsNO/c1-9-6-3-2-5(7)4-8-6/h2-4H,1H3. The minimum absolute atomic E-state index is 0.657. The van der Waals surface area contributed by atoms with E-state index in [0.717, 1.165) is 4.35 Å². The monoisotopic (exact) mass is 183 g/mol. The first-order valence-electron chi connectivity index (χ1n) is 2.52. The Morgan fingerprint density at radius 1 is 1.56 bits per heavy atom. The van der Waals surface area contributed by atoms with Gasteiger partial charge >= 0.3 is 62.2 Å². The van der Waals surface area contributed by atoms with Crippen molar-refractivity contribution in [2.75, 3.05) is 7.11 Å². The second-order valence-electron chi connectivity index (χ2n) is 1.56. The average molecular weight is 183 g/mol. The molecule has 1 rings (SSSR count). The maximum atomic E-state index is 4.85. The summed E-state index contributed by atoms with van der Waals surface area (Å²) in [6.45, 7) is 0. The molecule has 0 N–H and O–H groups in total. The first kappa shape index (κ1) is 6.63. The van der Waals surface area contributed by atoms with Gasteiger partial charge in [-0.1, -0.05) is 0 Å². The second kappa shape index (κ2) is 2.88. The summed E-state index contributed by atoms with van der Waals surface area (Å²) in [7, 11) is 1.60. The molecule has 2 radical (unpaired) electrons. The predicted molar refractivity (Wildman–Crippen MR) is 36.2 cm³/mol. The first-order valence-corrected chi connectivity index (χ1v) is 3.46. The molecule has 0 amide bonds. The Morgan fingerprint density at radius 3 is 2.78 bits per heavy atom. The zero-order valence-electron chi connectivity index (χ0n) is 5.03. The van der Waals surface area contributed by atoms with Crippen LogP contribution in [0.2, 0.25) is 0 Å². The molecule has 1 aromatic heterocycles. The van der Waals surface area contributed by atoms with E-state index in [4.69, 9.17) is 4.74 Å². The molecule has 3 heteroatoms. The third kappa shape index (κ3) is 1.72. The van der Waals surface area contributed by atoms with Crippen LogP contribution in [0.25, 0.3) is 0 Å². The van der Waals surface area contributed by atoms with Gasteiger partial charge in [0.2, 0.25) is 0 Å². The average Bonchev–Trinajstić information content (AvgIpc) is 1.90. The summed E-state index contributed by atoms with van der Waals surface area (Å²) in [5, 5.41) is 0. The van der Waals surface area contributed by atoms with Gasteiger partial charge < -0.3 is 0 Å². The van der Waals surface area contributed by atoms with E-state index < -0.39 is 0 Å². The van der Waals surface area contributed by atoms with Crippen molar-refractivity contribution in [2.24, 2.45) is 0 Å². The van der Waals surface area contributed by atoms with Crippen LogP contribution in [0.3, 0.4) is 0 Å². The van der Waals surface area contributed by atoms with E-state index in [-0.39, 0.29) is 0 Å². The molecular formula is C6H6AsNO. The van der Waals surface area contributed by atoms with Crippen molar-refractivity contribution in [3.05, 3.63) is 18.3 Å². The van der Waals surface area contributed by atoms with Crippen molar-refractivity contribution in [3.8, 4) is 5.88 Å². The molecule has 0 aliphatic heterocycles. The Kier molecular flexibility index (Phi) is 2.12. The summed E-state index contributed by atoms with van der Waals surface area (Å²) in [5.41, 5.74) is 0. The van der Waals surface area contributed by atoms with Gasteiger partial charge in [0.15, 0.2) is 0 Å². The Bertz CT molecular complexity index is 185. The van der Waals surface area contributed by atoms with Gasteiger partial charge in [0.05, 0.1) is 0 Å². The van der Waals surface area contributed by atoms with Crippen LogP contribution in [-0.4, -0.2) is 28.9 Å². The molecule has 0 spiro atoms. The number of methoxy groups -OCH3 is 1. The molecule has 0 saturated heterocycles. The molecule has 2 nitrogen and oxygen atoms in total. The number of nitrogens with zero attached hydrogens (tertiary/aromatic N) is 1. The third-order valence-corrected chi connectivity index (χ3v) is 1.48. The number of rotatable bonds is 1. The van der Waals surface area contributed by atoms with E-state index in [0.29, 0.717) is 5.88 Å². The van der Waals surface area contributed by atoms with Gasteiger partial charge in [-0.25, -0.2) is 0 Å². The predicted octanol–water partition coefficient (Wildman–Crippen LogP) is -0.116. The zero-order chi connectivity index (χ0) is 6.69. The van der Waals surface area contributed by atoms with Crippen molar-refractivity contribution in [1.82, 2.24) is 4.98 Å². The Balaban J connectivity index is 2.88. The van der Waals surface area contributed by atoms with Crippen molar-refractivity contribution in [3.63, 3.8) is 0 Å². The van der Waals surface area contributed by atoms with Gasteiger partial charge in [0.1, 0.15) is 0 Å². The number of aromatic nitrogens is 1. The van der Waals surface area contributed by atoms with Crippen LogP contribution in [0.4, 0.5) is 0 Å². The fourth-order valence-electron chi connectivity index (χ4n) is 0.493. The van der Waals surface area contributed by atoms with E-state index in [2.05, 4.69) is 21.8 Å². The van der Waals surface area contributed by atoms with E-state index in [1.807, 2.05) is 12.1 Å². The third-order valence-electron chi connectivity index (χ3n) is 0.930. The van der Waals surface area contributed by atoms with Crippen LogP contribution in [0, 0.1) is 0 Å². The SMILES string of the molecule is COc1ccc([As])cn1. The summed E-state index contributed by atoms with van der Waals surface area (Å²) < 4.78 is 5.94. The first-order chi connectivity index (χ1) is 4.33. The Morgan fingerprint density at radius 2 is 2.33 bits per heavy atom. The van der Waals surface area contributed by atoms with Crippen LogP contribution >= 0.6 is 0 Å². The van der Waals surface area contributed by atoms with E-state index in [1.165, 1.54) is 0 Å². The summed E-state index contributed by atoms with van der Waals surface area (Å²) in [4.78, 5) is 3.96. The molecule has 9 heavy (non-hydrogen) atoms. The summed E-state index contributed by atoms with van der Waals surface area (Å²) >= 11 is 2.41. The minimum atomic E-state index is 0.657. The molecule has 0 aliphatic carbocycles. The number of hydrogen-bond acceptors (Lipinski definition) is 2. The van der Waals surface area contributed by atoms with E-state index >= 15 is 0 Å². The molecule has 0 aliphatic rings. The number of hydrogen-bond donors (Lipinski definition) is 0. The molecule has 1 aromatic rings. The second-order valence-corrected chi connectivity index (χ2v) is 2.64. The molecule has 0 fully saturated rings. The number of ether oxygens (including phenoxy) is 1. The molecular weight excluding hydrogens is 177 g/mol. The van der Waals surface area contributed by atoms with Crippen LogP contribution in [-0.2, 0) is 0 Å². The van der Waals surface area contributed by atoms with Gasteiger partial charge in [-0.2, -0.15) is 0 Å². The molecule has 0 unspecified atom stereocenters. The van der Waals surface area contributed by atoms with Crippen molar-refractivity contribution in [1.29, 1.82) is 0 Å². The Labute approximate surface area is 62.8 Å². The molecule has 0 bridgehead atoms. The summed E-state index contributed by atoms with van der Waals surface area (Å²) in [5.74, 6) is 0.657.